The minimum Gasteiger partial charge on any atom is -0.493 e. The van der Waals surface area contributed by atoms with Crippen molar-refractivity contribution in [2.45, 2.75) is 32.7 Å². The van der Waals surface area contributed by atoms with Crippen molar-refractivity contribution in [1.82, 2.24) is 10.2 Å². The van der Waals surface area contributed by atoms with Crippen LogP contribution in [0.25, 0.3) is 0 Å². The molecule has 0 radical (unpaired) electrons. The van der Waals surface area contributed by atoms with Crippen LogP contribution in [-0.2, 0) is 17.6 Å². The van der Waals surface area contributed by atoms with Crippen LogP contribution in [-0.4, -0.2) is 57.2 Å². The van der Waals surface area contributed by atoms with Gasteiger partial charge in [-0.3, -0.25) is 9.59 Å². The van der Waals surface area contributed by atoms with Crippen LogP contribution in [0.2, 0.25) is 0 Å². The molecule has 3 aromatic rings. The molecule has 1 N–H and O–H groups in total. The van der Waals surface area contributed by atoms with Gasteiger partial charge in [0.15, 0.2) is 23.0 Å². The predicted molar refractivity (Wildman–Crippen MR) is 149 cm³/mol. The minimum atomic E-state index is -0.687. The Bertz CT molecular complexity index is 1310. The lowest BCUT2D eigenvalue weighted by Gasteiger charge is -2.25. The molecular formula is C31H36N2O6. The third kappa shape index (κ3) is 6.28. The summed E-state index contributed by atoms with van der Waals surface area (Å²) in [7, 11) is 3.19. The number of hydrogen-bond acceptors (Lipinski definition) is 6. The summed E-state index contributed by atoms with van der Waals surface area (Å²) in [6, 6.07) is 18.1. The zero-order valence-corrected chi connectivity index (χ0v) is 23.0. The number of hydrogen-bond donors (Lipinski definition) is 1. The van der Waals surface area contributed by atoms with Gasteiger partial charge >= 0.3 is 0 Å². The van der Waals surface area contributed by atoms with E-state index in [0.29, 0.717) is 67.7 Å². The first kappa shape index (κ1) is 27.8. The average Bonchev–Trinajstić information content (AvgIpc) is 3.24. The van der Waals surface area contributed by atoms with Crippen LogP contribution in [0, 0.1) is 0 Å². The molecule has 0 aliphatic carbocycles. The van der Waals surface area contributed by atoms with Crippen molar-refractivity contribution in [3.8, 4) is 23.0 Å². The van der Waals surface area contributed by atoms with Gasteiger partial charge in [-0.2, -0.15) is 0 Å². The van der Waals surface area contributed by atoms with Crippen LogP contribution in [0.15, 0.2) is 60.7 Å². The molecule has 1 atom stereocenters. The molecule has 0 bridgehead atoms. The maximum absolute atomic E-state index is 13.5. The summed E-state index contributed by atoms with van der Waals surface area (Å²) in [4.78, 5) is 28.5. The van der Waals surface area contributed by atoms with E-state index in [2.05, 4.69) is 5.32 Å². The second-order valence-electron chi connectivity index (χ2n) is 9.12. The second-order valence-corrected chi connectivity index (χ2v) is 9.12. The zero-order valence-electron chi connectivity index (χ0n) is 23.0. The number of methoxy groups -OCH3 is 2. The lowest BCUT2D eigenvalue weighted by Crippen LogP contribution is -2.40. The van der Waals surface area contributed by atoms with Crippen LogP contribution in [0.3, 0.4) is 0 Å². The summed E-state index contributed by atoms with van der Waals surface area (Å²) < 4.78 is 22.1. The van der Waals surface area contributed by atoms with Crippen molar-refractivity contribution in [2.24, 2.45) is 0 Å². The molecule has 206 valence electrons. The lowest BCUT2D eigenvalue weighted by molar-refractivity contribution is -0.125. The molecule has 2 amide bonds. The summed E-state index contributed by atoms with van der Waals surface area (Å²) in [5, 5.41) is 3.03. The fourth-order valence-electron chi connectivity index (χ4n) is 4.85. The number of amides is 2. The van der Waals surface area contributed by atoms with Gasteiger partial charge in [-0.05, 0) is 73.7 Å². The Labute approximate surface area is 229 Å². The van der Waals surface area contributed by atoms with Crippen molar-refractivity contribution < 1.29 is 28.5 Å². The van der Waals surface area contributed by atoms with Gasteiger partial charge in [-0.1, -0.05) is 30.3 Å². The van der Waals surface area contributed by atoms with Crippen molar-refractivity contribution in [3.05, 3.63) is 82.9 Å². The Hall–Kier alpha value is -4.20. The van der Waals surface area contributed by atoms with Crippen LogP contribution in [0.1, 0.15) is 46.9 Å². The van der Waals surface area contributed by atoms with Gasteiger partial charge in [0.05, 0.1) is 27.4 Å². The first-order valence-electron chi connectivity index (χ1n) is 13.3. The molecule has 1 heterocycles. The van der Waals surface area contributed by atoms with Crippen LogP contribution in [0.4, 0.5) is 0 Å². The topological polar surface area (TPSA) is 86.3 Å². The van der Waals surface area contributed by atoms with Gasteiger partial charge in [-0.25, -0.2) is 0 Å². The molecule has 0 fully saturated rings. The van der Waals surface area contributed by atoms with Crippen LogP contribution >= 0.6 is 0 Å². The van der Waals surface area contributed by atoms with Crippen LogP contribution < -0.4 is 24.3 Å². The van der Waals surface area contributed by atoms with Gasteiger partial charge in [0.1, 0.15) is 6.04 Å². The lowest BCUT2D eigenvalue weighted by atomic mass is 10.0. The Morgan fingerprint density at radius 2 is 1.46 bits per heavy atom. The molecule has 0 spiro atoms. The monoisotopic (exact) mass is 532 g/mol. The fourth-order valence-corrected chi connectivity index (χ4v) is 4.85. The van der Waals surface area contributed by atoms with Gasteiger partial charge in [-0.15, -0.1) is 0 Å². The SMILES string of the molecule is CCOc1ccc(CCN2C(=O)c3ccccc3[C@@H]2C(=O)NCCc2ccc(OC)c(OC)c2)cc1OCC. The smallest absolute Gasteiger partial charge is 0.255 e. The molecule has 0 saturated carbocycles. The number of rotatable bonds is 13. The third-order valence-corrected chi connectivity index (χ3v) is 6.72. The van der Waals surface area contributed by atoms with E-state index in [4.69, 9.17) is 18.9 Å². The fraction of sp³-hybridized carbons (Fsp3) is 0.355. The van der Waals surface area contributed by atoms with E-state index < -0.39 is 6.04 Å². The maximum atomic E-state index is 13.5. The van der Waals surface area contributed by atoms with Gasteiger partial charge in [0.25, 0.3) is 5.91 Å². The molecule has 39 heavy (non-hydrogen) atoms. The normalized spacial score (nSPS) is 14.1. The predicted octanol–water partition coefficient (Wildman–Crippen LogP) is 4.60. The standard InChI is InChI=1S/C31H36N2O6/c1-5-38-26-14-12-22(20-28(26)39-6-2)16-18-33-29(23-9-7-8-10-24(23)31(33)35)30(34)32-17-15-21-11-13-25(36-3)27(19-21)37-4/h7-14,19-20,29H,5-6,15-18H2,1-4H3,(H,32,34)/t29-/m1/s1. The second kappa shape index (κ2) is 13.0. The van der Waals surface area contributed by atoms with Gasteiger partial charge < -0.3 is 29.2 Å². The first-order valence-corrected chi connectivity index (χ1v) is 13.3. The van der Waals surface area contributed by atoms with Crippen molar-refractivity contribution >= 4 is 11.8 Å². The summed E-state index contributed by atoms with van der Waals surface area (Å²) >= 11 is 0. The van der Waals surface area contributed by atoms with E-state index in [-0.39, 0.29) is 11.8 Å². The summed E-state index contributed by atoms with van der Waals surface area (Å²) in [5.41, 5.74) is 3.30. The molecular weight excluding hydrogens is 496 g/mol. The van der Waals surface area contributed by atoms with Crippen molar-refractivity contribution in [1.29, 1.82) is 0 Å². The third-order valence-electron chi connectivity index (χ3n) is 6.72. The van der Waals surface area contributed by atoms with Crippen molar-refractivity contribution in [2.75, 3.05) is 40.5 Å². The molecule has 8 nitrogen and oxygen atoms in total. The number of benzene rings is 3. The summed E-state index contributed by atoms with van der Waals surface area (Å²) in [5.74, 6) is 2.33. The summed E-state index contributed by atoms with van der Waals surface area (Å²) in [6.45, 7) is 5.74. The Balaban J connectivity index is 1.46. The number of carbonyl (C=O) groups excluding carboxylic acids is 2. The average molecular weight is 533 g/mol. The molecule has 1 aliphatic rings. The van der Waals surface area contributed by atoms with E-state index in [1.54, 1.807) is 25.2 Å². The Morgan fingerprint density at radius 3 is 2.18 bits per heavy atom. The number of carbonyl (C=O) groups is 2. The number of nitrogens with one attached hydrogen (secondary N) is 1. The van der Waals surface area contributed by atoms with E-state index in [1.807, 2.05) is 68.4 Å². The highest BCUT2D eigenvalue weighted by Crippen LogP contribution is 2.35. The highest BCUT2D eigenvalue weighted by atomic mass is 16.5. The van der Waals surface area contributed by atoms with E-state index in [1.165, 1.54) is 0 Å². The quantitative estimate of drug-likeness (QED) is 0.346. The minimum absolute atomic E-state index is 0.137. The zero-order chi connectivity index (χ0) is 27.8. The summed E-state index contributed by atoms with van der Waals surface area (Å²) in [6.07, 6.45) is 1.18. The molecule has 8 heteroatoms. The largest absolute Gasteiger partial charge is 0.493 e. The highest BCUT2D eigenvalue weighted by Gasteiger charge is 2.40. The van der Waals surface area contributed by atoms with Crippen molar-refractivity contribution in [3.63, 3.8) is 0 Å². The number of fused-ring (bicyclic) bond motifs is 1. The molecule has 0 unspecified atom stereocenters. The first-order chi connectivity index (χ1) is 19.0. The van der Waals surface area contributed by atoms with Crippen LogP contribution in [0.5, 0.6) is 23.0 Å². The highest BCUT2D eigenvalue weighted by molar-refractivity contribution is 6.04. The Kier molecular flexibility index (Phi) is 9.31. The van der Waals surface area contributed by atoms with E-state index >= 15 is 0 Å². The molecule has 0 aromatic heterocycles. The Morgan fingerprint density at radius 1 is 0.821 bits per heavy atom. The van der Waals surface area contributed by atoms with E-state index in [9.17, 15) is 9.59 Å². The van der Waals surface area contributed by atoms with E-state index in [0.717, 1.165) is 16.7 Å². The number of nitrogens with zero attached hydrogens (tertiary/aromatic N) is 1. The molecule has 3 aromatic carbocycles. The maximum Gasteiger partial charge on any atom is 0.255 e. The van der Waals surface area contributed by atoms with Gasteiger partial charge in [0.2, 0.25) is 5.91 Å². The van der Waals surface area contributed by atoms with Gasteiger partial charge in [0, 0.05) is 18.7 Å². The number of ether oxygens (including phenoxy) is 4. The molecule has 0 saturated heterocycles. The molecule has 1 aliphatic heterocycles. The molecule has 4 rings (SSSR count).